The highest BCUT2D eigenvalue weighted by atomic mass is 35.5. The number of halogens is 2. The topological polar surface area (TPSA) is 35.6 Å². The van der Waals surface area contributed by atoms with Gasteiger partial charge in [-0.1, -0.05) is 13.0 Å². The third-order valence-electron chi connectivity index (χ3n) is 5.13. The summed E-state index contributed by atoms with van der Waals surface area (Å²) in [5.74, 6) is 0.338. The number of nitrogens with one attached hydrogen (secondary N) is 1. The first-order valence-corrected chi connectivity index (χ1v) is 9.41. The summed E-state index contributed by atoms with van der Waals surface area (Å²) in [5, 5.41) is 5.66. The Morgan fingerprint density at radius 1 is 1.25 bits per heavy atom. The van der Waals surface area contributed by atoms with Crippen LogP contribution in [0.1, 0.15) is 37.5 Å². The molecule has 1 aromatic heterocycles. The fourth-order valence-corrected chi connectivity index (χ4v) is 4.38. The van der Waals surface area contributed by atoms with Crippen LogP contribution in [0.5, 0.6) is 0 Å². The van der Waals surface area contributed by atoms with Gasteiger partial charge in [0.15, 0.2) is 0 Å². The van der Waals surface area contributed by atoms with Crippen LogP contribution in [0, 0.1) is 0 Å². The smallest absolute Gasteiger partial charge is 0.242 e. The molecule has 1 atom stereocenters. The van der Waals surface area contributed by atoms with Crippen LogP contribution >= 0.6 is 36.2 Å². The third-order valence-corrected chi connectivity index (χ3v) is 5.99. The Morgan fingerprint density at radius 3 is 2.54 bits per heavy atom. The Bertz CT molecular complexity index is 484. The largest absolute Gasteiger partial charge is 0.339 e. The monoisotopic (exact) mass is 393 g/mol. The lowest BCUT2D eigenvalue weighted by atomic mass is 9.85. The van der Waals surface area contributed by atoms with Gasteiger partial charge in [-0.15, -0.1) is 36.2 Å². The molecule has 0 saturated carbocycles. The third kappa shape index (κ3) is 4.85. The molecule has 0 bridgehead atoms. The SMILES string of the molecule is CC[C@@]1(C(=O)N2CCN(Cc3cccs3)CC2)CCCCN1.Cl.Cl. The van der Waals surface area contributed by atoms with Crippen LogP contribution in [0.25, 0.3) is 0 Å². The molecule has 0 spiro atoms. The maximum atomic E-state index is 13.0. The molecule has 0 radical (unpaired) electrons. The van der Waals surface area contributed by atoms with E-state index in [-0.39, 0.29) is 30.4 Å². The van der Waals surface area contributed by atoms with Crippen LogP contribution in [-0.4, -0.2) is 54.0 Å². The van der Waals surface area contributed by atoms with Crippen molar-refractivity contribution < 1.29 is 4.79 Å². The van der Waals surface area contributed by atoms with Gasteiger partial charge < -0.3 is 10.2 Å². The zero-order chi connectivity index (χ0) is 15.4. The fourth-order valence-electron chi connectivity index (χ4n) is 3.64. The zero-order valence-corrected chi connectivity index (χ0v) is 16.8. The molecular weight excluding hydrogens is 365 g/mol. The lowest BCUT2D eigenvalue weighted by Crippen LogP contribution is -2.62. The Morgan fingerprint density at radius 2 is 2.00 bits per heavy atom. The molecule has 2 aliphatic heterocycles. The summed E-state index contributed by atoms with van der Waals surface area (Å²) in [6.45, 7) is 7.87. The molecule has 1 aromatic rings. The summed E-state index contributed by atoms with van der Waals surface area (Å²) < 4.78 is 0. The molecule has 0 aromatic carbocycles. The minimum atomic E-state index is -0.284. The van der Waals surface area contributed by atoms with E-state index >= 15 is 0 Å². The number of nitrogens with zero attached hydrogens (tertiary/aromatic N) is 2. The summed E-state index contributed by atoms with van der Waals surface area (Å²) in [4.78, 5) is 18.9. The van der Waals surface area contributed by atoms with Crippen molar-refractivity contribution in [1.29, 1.82) is 0 Å². The number of amides is 1. The first-order valence-electron chi connectivity index (χ1n) is 8.53. The minimum absolute atomic E-state index is 0. The average Bonchev–Trinajstić information content (AvgIpc) is 3.08. The minimum Gasteiger partial charge on any atom is -0.339 e. The highest BCUT2D eigenvalue weighted by Crippen LogP contribution is 2.26. The number of thiophene rings is 1. The molecule has 4 nitrogen and oxygen atoms in total. The summed E-state index contributed by atoms with van der Waals surface area (Å²) >= 11 is 1.82. The van der Waals surface area contributed by atoms with Crippen LogP contribution in [0.3, 0.4) is 0 Å². The highest BCUT2D eigenvalue weighted by molar-refractivity contribution is 7.09. The van der Waals surface area contributed by atoms with E-state index in [0.29, 0.717) is 5.91 Å². The molecule has 0 unspecified atom stereocenters. The van der Waals surface area contributed by atoms with Crippen molar-refractivity contribution in [2.75, 3.05) is 32.7 Å². The van der Waals surface area contributed by atoms with Crippen molar-refractivity contribution in [3.8, 4) is 0 Å². The van der Waals surface area contributed by atoms with Crippen molar-refractivity contribution in [2.24, 2.45) is 0 Å². The summed E-state index contributed by atoms with van der Waals surface area (Å²) in [7, 11) is 0. The highest BCUT2D eigenvalue weighted by Gasteiger charge is 2.40. The lowest BCUT2D eigenvalue weighted by Gasteiger charge is -2.43. The molecule has 3 rings (SSSR count). The number of carbonyl (C=O) groups is 1. The van der Waals surface area contributed by atoms with E-state index in [0.717, 1.165) is 52.1 Å². The number of hydrogen-bond acceptors (Lipinski definition) is 4. The van der Waals surface area contributed by atoms with Gasteiger partial charge in [0, 0.05) is 37.6 Å². The standard InChI is InChI=1S/C17H27N3OS.2ClH/c1-2-17(7-3-4-8-18-17)16(21)20-11-9-19(10-12-20)14-15-6-5-13-22-15;;/h5-6,13,18H,2-4,7-12,14H2,1H3;2*1H/t17-;;/m0../s1. The van der Waals surface area contributed by atoms with Gasteiger partial charge >= 0.3 is 0 Å². The van der Waals surface area contributed by atoms with Gasteiger partial charge in [0.05, 0.1) is 5.54 Å². The number of piperazine rings is 1. The van der Waals surface area contributed by atoms with Gasteiger partial charge in [-0.05, 0) is 43.7 Å². The van der Waals surface area contributed by atoms with Gasteiger partial charge in [-0.2, -0.15) is 0 Å². The molecule has 138 valence electrons. The Labute approximate surface area is 161 Å². The average molecular weight is 394 g/mol. The van der Waals surface area contributed by atoms with E-state index in [1.54, 1.807) is 0 Å². The van der Waals surface area contributed by atoms with Gasteiger partial charge in [0.1, 0.15) is 0 Å². The quantitative estimate of drug-likeness (QED) is 0.852. The molecule has 7 heteroatoms. The molecule has 2 aliphatic rings. The Kier molecular flexibility index (Phi) is 9.02. The van der Waals surface area contributed by atoms with Crippen LogP contribution in [0.15, 0.2) is 17.5 Å². The molecule has 0 aliphatic carbocycles. The van der Waals surface area contributed by atoms with Crippen LogP contribution < -0.4 is 5.32 Å². The van der Waals surface area contributed by atoms with Crippen molar-refractivity contribution in [2.45, 2.75) is 44.7 Å². The van der Waals surface area contributed by atoms with Crippen molar-refractivity contribution in [3.05, 3.63) is 22.4 Å². The van der Waals surface area contributed by atoms with E-state index in [1.807, 2.05) is 11.3 Å². The van der Waals surface area contributed by atoms with E-state index in [9.17, 15) is 4.79 Å². The second kappa shape index (κ2) is 9.97. The summed E-state index contributed by atoms with van der Waals surface area (Å²) in [6.07, 6.45) is 4.27. The number of carbonyl (C=O) groups excluding carboxylic acids is 1. The molecule has 3 heterocycles. The zero-order valence-electron chi connectivity index (χ0n) is 14.3. The van der Waals surface area contributed by atoms with Gasteiger partial charge in [0.2, 0.25) is 5.91 Å². The van der Waals surface area contributed by atoms with Gasteiger partial charge in [-0.25, -0.2) is 0 Å². The normalized spacial score (nSPS) is 24.8. The predicted octanol–water partition coefficient (Wildman–Crippen LogP) is 3.16. The number of piperidine rings is 1. The molecular formula is C17H29Cl2N3OS. The molecule has 1 amide bonds. The van der Waals surface area contributed by atoms with Gasteiger partial charge in [-0.3, -0.25) is 9.69 Å². The first-order chi connectivity index (χ1) is 10.7. The van der Waals surface area contributed by atoms with Crippen molar-refractivity contribution >= 4 is 42.1 Å². The second-order valence-electron chi connectivity index (χ2n) is 6.47. The predicted molar refractivity (Wildman–Crippen MR) is 106 cm³/mol. The summed E-state index contributed by atoms with van der Waals surface area (Å²) in [5.41, 5.74) is -0.284. The Balaban J connectivity index is 0.00000144. The van der Waals surface area contributed by atoms with E-state index < -0.39 is 0 Å². The van der Waals surface area contributed by atoms with Crippen molar-refractivity contribution in [3.63, 3.8) is 0 Å². The molecule has 2 saturated heterocycles. The second-order valence-corrected chi connectivity index (χ2v) is 7.50. The molecule has 24 heavy (non-hydrogen) atoms. The Hall–Kier alpha value is -0.330. The maximum Gasteiger partial charge on any atom is 0.242 e. The van der Waals surface area contributed by atoms with E-state index in [2.05, 4.69) is 39.6 Å². The fraction of sp³-hybridized carbons (Fsp3) is 0.706. The summed E-state index contributed by atoms with van der Waals surface area (Å²) in [6, 6.07) is 4.31. The van der Waals surface area contributed by atoms with Crippen LogP contribution in [-0.2, 0) is 11.3 Å². The van der Waals surface area contributed by atoms with Gasteiger partial charge in [0.25, 0.3) is 0 Å². The van der Waals surface area contributed by atoms with Crippen LogP contribution in [0.2, 0.25) is 0 Å². The lowest BCUT2D eigenvalue weighted by molar-refractivity contribution is -0.141. The molecule has 2 fully saturated rings. The molecule has 1 N–H and O–H groups in total. The number of hydrogen-bond donors (Lipinski definition) is 1. The van der Waals surface area contributed by atoms with E-state index in [1.165, 1.54) is 17.7 Å². The van der Waals surface area contributed by atoms with Crippen molar-refractivity contribution in [1.82, 2.24) is 15.1 Å². The van der Waals surface area contributed by atoms with Crippen LogP contribution in [0.4, 0.5) is 0 Å². The maximum absolute atomic E-state index is 13.0. The number of rotatable bonds is 4. The van der Waals surface area contributed by atoms with E-state index in [4.69, 9.17) is 0 Å². The first kappa shape index (κ1) is 21.7.